The van der Waals surface area contributed by atoms with Gasteiger partial charge in [0.15, 0.2) is 11.8 Å². The summed E-state index contributed by atoms with van der Waals surface area (Å²) in [5.41, 5.74) is 4.03. The van der Waals surface area contributed by atoms with Crippen LogP contribution in [0.15, 0.2) is 81.2 Å². The maximum atomic E-state index is 12.7. The second kappa shape index (κ2) is 7.67. The molecule has 4 aromatic rings. The van der Waals surface area contributed by atoms with Crippen molar-refractivity contribution in [1.82, 2.24) is 9.97 Å². The number of nitrogens with zero attached hydrogens (tertiary/aromatic N) is 2. The Morgan fingerprint density at radius 3 is 2.75 bits per heavy atom. The Morgan fingerprint density at radius 1 is 1.18 bits per heavy atom. The summed E-state index contributed by atoms with van der Waals surface area (Å²) >= 11 is 5.97. The van der Waals surface area contributed by atoms with Crippen molar-refractivity contribution in [3.05, 3.63) is 93.8 Å². The lowest BCUT2D eigenvalue weighted by molar-refractivity contribution is 0.215. The van der Waals surface area contributed by atoms with Crippen LogP contribution in [-0.2, 0) is 0 Å². The molecule has 1 atom stereocenters. The van der Waals surface area contributed by atoms with E-state index in [9.17, 15) is 9.90 Å². The number of fused-ring (bicyclic) bond motifs is 1. The molecule has 0 saturated heterocycles. The van der Waals surface area contributed by atoms with E-state index in [1.807, 2.05) is 18.2 Å². The lowest BCUT2D eigenvalue weighted by Gasteiger charge is -2.12. The van der Waals surface area contributed by atoms with E-state index >= 15 is 0 Å². The van der Waals surface area contributed by atoms with Gasteiger partial charge >= 0.3 is 0 Å². The first-order valence-electron chi connectivity index (χ1n) is 8.42. The molecule has 0 aliphatic heterocycles. The predicted molar refractivity (Wildman–Crippen MR) is 108 cm³/mol. The number of rotatable bonds is 5. The van der Waals surface area contributed by atoms with E-state index in [4.69, 9.17) is 16.0 Å². The zero-order chi connectivity index (χ0) is 19.5. The lowest BCUT2D eigenvalue weighted by Crippen LogP contribution is -2.26. The Labute approximate surface area is 164 Å². The highest BCUT2D eigenvalue weighted by Gasteiger charge is 2.24. The van der Waals surface area contributed by atoms with Gasteiger partial charge in [0.25, 0.3) is 5.56 Å². The summed E-state index contributed by atoms with van der Waals surface area (Å²) in [7, 11) is 0. The van der Waals surface area contributed by atoms with Crippen LogP contribution in [0.5, 0.6) is 0 Å². The summed E-state index contributed by atoms with van der Waals surface area (Å²) in [5, 5.41) is 15.5. The van der Waals surface area contributed by atoms with Gasteiger partial charge in [-0.05, 0) is 42.5 Å². The van der Waals surface area contributed by atoms with E-state index < -0.39 is 11.7 Å². The highest BCUT2D eigenvalue weighted by atomic mass is 35.5. The molecule has 0 unspecified atom stereocenters. The number of aromatic nitrogens is 2. The summed E-state index contributed by atoms with van der Waals surface area (Å²) in [5.74, 6) is 0.242. The molecule has 28 heavy (non-hydrogen) atoms. The zero-order valence-corrected chi connectivity index (χ0v) is 15.2. The van der Waals surface area contributed by atoms with Gasteiger partial charge in [0, 0.05) is 5.02 Å². The maximum Gasteiger partial charge on any atom is 0.276 e. The van der Waals surface area contributed by atoms with E-state index in [-0.39, 0.29) is 17.2 Å². The SMILES string of the molecule is O=c1[nH]c2cc(Cl)ccc2nc1/C(=N\Nc1ccccc1)[C@@H](O)c1ccco1. The fraction of sp³-hybridized carbons (Fsp3) is 0.0500. The topological polar surface area (TPSA) is 104 Å². The Bertz CT molecular complexity index is 1190. The minimum atomic E-state index is -1.29. The minimum absolute atomic E-state index is 0.0249. The lowest BCUT2D eigenvalue weighted by atomic mass is 10.1. The average Bonchev–Trinajstić information content (AvgIpc) is 3.24. The Balaban J connectivity index is 1.83. The van der Waals surface area contributed by atoms with Gasteiger partial charge in [-0.2, -0.15) is 5.10 Å². The number of hydrogen-bond acceptors (Lipinski definition) is 6. The molecular formula is C20H15ClN4O3. The molecule has 2 aromatic carbocycles. The third-order valence-corrected chi connectivity index (χ3v) is 4.28. The Morgan fingerprint density at radius 2 is 2.00 bits per heavy atom. The van der Waals surface area contributed by atoms with Crippen molar-refractivity contribution in [2.75, 3.05) is 5.43 Å². The molecule has 0 saturated carbocycles. The monoisotopic (exact) mass is 394 g/mol. The number of H-pyrrole nitrogens is 1. The van der Waals surface area contributed by atoms with Crippen molar-refractivity contribution in [2.45, 2.75) is 6.10 Å². The van der Waals surface area contributed by atoms with Crippen LogP contribution in [0.3, 0.4) is 0 Å². The van der Waals surface area contributed by atoms with Crippen molar-refractivity contribution in [1.29, 1.82) is 0 Å². The van der Waals surface area contributed by atoms with Crippen molar-refractivity contribution < 1.29 is 9.52 Å². The highest BCUT2D eigenvalue weighted by molar-refractivity contribution is 6.31. The number of hydrogen-bond donors (Lipinski definition) is 3. The molecule has 4 rings (SSSR count). The van der Waals surface area contributed by atoms with Gasteiger partial charge < -0.3 is 14.5 Å². The number of hydrazone groups is 1. The molecule has 0 aliphatic carbocycles. The standard InChI is InChI=1S/C20H15ClN4O3/c21-12-8-9-14-15(11-12)23-20(27)18(22-14)17(19(26)16-7-4-10-28-16)25-24-13-5-2-1-3-6-13/h1-11,19,24,26H,(H,23,27)/b25-17+/t19-/m0/s1. The van der Waals surface area contributed by atoms with E-state index in [1.165, 1.54) is 6.26 Å². The van der Waals surface area contributed by atoms with E-state index in [1.54, 1.807) is 42.5 Å². The number of benzene rings is 2. The number of aromatic amines is 1. The first kappa shape index (κ1) is 18.0. The summed E-state index contributed by atoms with van der Waals surface area (Å²) in [4.78, 5) is 19.8. The van der Waals surface area contributed by atoms with Gasteiger partial charge in [0.2, 0.25) is 0 Å². The second-order valence-electron chi connectivity index (χ2n) is 5.97. The number of aliphatic hydroxyl groups is 1. The Kier molecular flexibility index (Phi) is 4.92. The van der Waals surface area contributed by atoms with Gasteiger partial charge in [-0.1, -0.05) is 29.8 Å². The molecule has 2 heterocycles. The number of para-hydroxylation sites is 1. The van der Waals surface area contributed by atoms with E-state index in [0.717, 1.165) is 0 Å². The number of furan rings is 1. The first-order chi connectivity index (χ1) is 13.6. The van der Waals surface area contributed by atoms with Crippen molar-refractivity contribution in [2.24, 2.45) is 5.10 Å². The van der Waals surface area contributed by atoms with Crippen LogP contribution < -0.4 is 11.0 Å². The molecule has 2 aromatic heterocycles. The van der Waals surface area contributed by atoms with Gasteiger partial charge in [-0.25, -0.2) is 4.98 Å². The van der Waals surface area contributed by atoms with Gasteiger partial charge in [-0.3, -0.25) is 10.2 Å². The van der Waals surface area contributed by atoms with Gasteiger partial charge in [0.05, 0.1) is 23.0 Å². The van der Waals surface area contributed by atoms with Crippen LogP contribution in [0.2, 0.25) is 5.02 Å². The fourth-order valence-corrected chi connectivity index (χ4v) is 2.87. The summed E-state index contributed by atoms with van der Waals surface area (Å²) in [6.07, 6.45) is 0.144. The predicted octanol–water partition coefficient (Wildman–Crippen LogP) is 3.72. The van der Waals surface area contributed by atoms with Gasteiger partial charge in [-0.15, -0.1) is 0 Å². The first-order valence-corrected chi connectivity index (χ1v) is 8.79. The molecule has 0 spiro atoms. The number of halogens is 1. The molecule has 7 nitrogen and oxygen atoms in total. The van der Waals surface area contributed by atoms with Crippen LogP contribution >= 0.6 is 11.6 Å². The average molecular weight is 395 g/mol. The van der Waals surface area contributed by atoms with Crippen LogP contribution in [0.4, 0.5) is 5.69 Å². The minimum Gasteiger partial charge on any atom is -0.466 e. The molecule has 3 N–H and O–H groups in total. The molecular weight excluding hydrogens is 380 g/mol. The Hall–Kier alpha value is -3.42. The number of anilines is 1. The third kappa shape index (κ3) is 3.66. The van der Waals surface area contributed by atoms with Gasteiger partial charge in [0.1, 0.15) is 11.5 Å². The normalized spacial score (nSPS) is 12.9. The molecule has 0 radical (unpaired) electrons. The molecule has 8 heteroatoms. The fourth-order valence-electron chi connectivity index (χ4n) is 2.69. The molecule has 0 aliphatic rings. The second-order valence-corrected chi connectivity index (χ2v) is 6.41. The third-order valence-electron chi connectivity index (χ3n) is 4.05. The number of aliphatic hydroxyl groups excluding tert-OH is 1. The van der Waals surface area contributed by atoms with Crippen LogP contribution in [0.1, 0.15) is 17.6 Å². The highest BCUT2D eigenvalue weighted by Crippen LogP contribution is 2.20. The number of nitrogens with one attached hydrogen (secondary N) is 2. The van der Waals surface area contributed by atoms with Crippen molar-refractivity contribution in [3.8, 4) is 0 Å². The summed E-state index contributed by atoms with van der Waals surface area (Å²) in [6.45, 7) is 0. The van der Waals surface area contributed by atoms with E-state index in [2.05, 4.69) is 20.5 Å². The molecule has 0 fully saturated rings. The van der Waals surface area contributed by atoms with Crippen LogP contribution in [-0.4, -0.2) is 20.8 Å². The smallest absolute Gasteiger partial charge is 0.276 e. The molecule has 0 bridgehead atoms. The molecule has 0 amide bonds. The van der Waals surface area contributed by atoms with Crippen LogP contribution in [0, 0.1) is 0 Å². The molecule has 140 valence electrons. The maximum absolute atomic E-state index is 12.7. The summed E-state index contributed by atoms with van der Waals surface area (Å²) in [6, 6.07) is 17.3. The largest absolute Gasteiger partial charge is 0.466 e. The van der Waals surface area contributed by atoms with Crippen molar-refractivity contribution >= 4 is 34.0 Å². The van der Waals surface area contributed by atoms with Crippen molar-refractivity contribution in [3.63, 3.8) is 0 Å². The quantitative estimate of drug-likeness (QED) is 0.353. The zero-order valence-electron chi connectivity index (χ0n) is 14.5. The van der Waals surface area contributed by atoms with Crippen LogP contribution in [0.25, 0.3) is 11.0 Å². The summed E-state index contributed by atoms with van der Waals surface area (Å²) < 4.78 is 5.28. The van der Waals surface area contributed by atoms with E-state index in [0.29, 0.717) is 21.7 Å².